The molecule has 1 aromatic carbocycles. The van der Waals surface area contributed by atoms with Gasteiger partial charge in [0, 0.05) is 30.7 Å². The van der Waals surface area contributed by atoms with Crippen LogP contribution in [0.5, 0.6) is 5.75 Å². The molecule has 0 aromatic heterocycles. The highest BCUT2D eigenvalue weighted by Gasteiger charge is 2.23. The highest BCUT2D eigenvalue weighted by Crippen LogP contribution is 2.21. The maximum absolute atomic E-state index is 12.1. The van der Waals surface area contributed by atoms with Crippen molar-refractivity contribution in [2.45, 2.75) is 19.9 Å². The summed E-state index contributed by atoms with van der Waals surface area (Å²) >= 11 is 5.88. The average Bonchev–Trinajstić information content (AvgIpc) is 2.38. The number of nitrogens with zero attached hydrogens (tertiary/aromatic N) is 1. The molecule has 0 bridgehead atoms. The number of aryl methyl sites for hydroxylation is 1. The van der Waals surface area contributed by atoms with Gasteiger partial charge < -0.3 is 15.0 Å². The third kappa shape index (κ3) is 3.61. The number of hydrogen-bond acceptors (Lipinski definition) is 3. The topological polar surface area (TPSA) is 41.6 Å². The maximum atomic E-state index is 12.1. The van der Waals surface area contributed by atoms with Crippen molar-refractivity contribution in [3.8, 4) is 5.75 Å². The van der Waals surface area contributed by atoms with E-state index in [1.165, 1.54) is 0 Å². The van der Waals surface area contributed by atoms with E-state index in [-0.39, 0.29) is 18.6 Å². The van der Waals surface area contributed by atoms with Crippen molar-refractivity contribution in [1.29, 1.82) is 0 Å². The number of carbonyl (C=O) groups is 1. The second kappa shape index (κ2) is 6.26. The van der Waals surface area contributed by atoms with E-state index in [9.17, 15) is 4.79 Å². The van der Waals surface area contributed by atoms with Gasteiger partial charge in [-0.05, 0) is 37.6 Å². The lowest BCUT2D eigenvalue weighted by atomic mass is 10.2. The van der Waals surface area contributed by atoms with Gasteiger partial charge in [-0.25, -0.2) is 0 Å². The van der Waals surface area contributed by atoms with Crippen molar-refractivity contribution in [3.05, 3.63) is 28.8 Å². The molecule has 2 rings (SSSR count). The number of ether oxygens (including phenoxy) is 1. The fraction of sp³-hybridized carbons (Fsp3) is 0.500. The van der Waals surface area contributed by atoms with Crippen LogP contribution in [-0.2, 0) is 4.79 Å². The van der Waals surface area contributed by atoms with E-state index < -0.39 is 0 Å². The van der Waals surface area contributed by atoms with Crippen molar-refractivity contribution in [2.75, 3.05) is 26.2 Å². The van der Waals surface area contributed by atoms with Crippen LogP contribution in [-0.4, -0.2) is 43.1 Å². The number of rotatable bonds is 3. The summed E-state index contributed by atoms with van der Waals surface area (Å²) in [4.78, 5) is 14.0. The molecule has 1 unspecified atom stereocenters. The van der Waals surface area contributed by atoms with E-state index in [0.29, 0.717) is 10.8 Å². The molecule has 0 saturated carbocycles. The Bertz CT molecular complexity index is 465. The molecule has 1 saturated heterocycles. The monoisotopic (exact) mass is 282 g/mol. The second-order valence-electron chi connectivity index (χ2n) is 4.84. The van der Waals surface area contributed by atoms with Gasteiger partial charge in [-0.1, -0.05) is 11.6 Å². The molecule has 1 amide bonds. The SMILES string of the molecule is Cc1cc(Cl)ccc1OCC(=O)N1CCNCC1C. The zero-order valence-electron chi connectivity index (χ0n) is 11.3. The molecule has 0 radical (unpaired) electrons. The Morgan fingerprint density at radius 3 is 3.05 bits per heavy atom. The lowest BCUT2D eigenvalue weighted by molar-refractivity contribution is -0.136. The first-order valence-electron chi connectivity index (χ1n) is 6.47. The Balaban J connectivity index is 1.92. The summed E-state index contributed by atoms with van der Waals surface area (Å²) in [6, 6.07) is 5.61. The molecule has 104 valence electrons. The zero-order chi connectivity index (χ0) is 13.8. The quantitative estimate of drug-likeness (QED) is 0.920. The minimum Gasteiger partial charge on any atom is -0.483 e. The fourth-order valence-electron chi connectivity index (χ4n) is 2.21. The number of amides is 1. The normalized spacial score (nSPS) is 19.3. The Hall–Kier alpha value is -1.26. The van der Waals surface area contributed by atoms with E-state index in [1.807, 2.05) is 24.8 Å². The number of carbonyl (C=O) groups excluding carboxylic acids is 1. The molecule has 1 aromatic rings. The smallest absolute Gasteiger partial charge is 0.260 e. The van der Waals surface area contributed by atoms with E-state index in [1.54, 1.807) is 12.1 Å². The van der Waals surface area contributed by atoms with Gasteiger partial charge in [-0.2, -0.15) is 0 Å². The minimum atomic E-state index is 0.0309. The predicted octanol–water partition coefficient (Wildman–Crippen LogP) is 1.85. The molecule has 1 fully saturated rings. The van der Waals surface area contributed by atoms with Crippen LogP contribution in [0.1, 0.15) is 12.5 Å². The van der Waals surface area contributed by atoms with Crippen LogP contribution in [0.25, 0.3) is 0 Å². The summed E-state index contributed by atoms with van der Waals surface area (Å²) < 4.78 is 5.58. The molecule has 1 N–H and O–H groups in total. The van der Waals surface area contributed by atoms with Crippen molar-refractivity contribution < 1.29 is 9.53 Å². The first kappa shape index (κ1) is 14.2. The van der Waals surface area contributed by atoms with Gasteiger partial charge >= 0.3 is 0 Å². The average molecular weight is 283 g/mol. The summed E-state index contributed by atoms with van der Waals surface area (Å²) in [5, 5.41) is 3.93. The van der Waals surface area contributed by atoms with E-state index in [0.717, 1.165) is 25.2 Å². The predicted molar refractivity (Wildman–Crippen MR) is 75.7 cm³/mol. The first-order valence-corrected chi connectivity index (χ1v) is 6.85. The van der Waals surface area contributed by atoms with Crippen molar-refractivity contribution in [1.82, 2.24) is 10.2 Å². The Morgan fingerprint density at radius 1 is 1.58 bits per heavy atom. The highest BCUT2D eigenvalue weighted by molar-refractivity contribution is 6.30. The van der Waals surface area contributed by atoms with Gasteiger partial charge in [0.15, 0.2) is 6.61 Å². The Kier molecular flexibility index (Phi) is 4.66. The number of halogens is 1. The van der Waals surface area contributed by atoms with Crippen LogP contribution in [0.2, 0.25) is 5.02 Å². The van der Waals surface area contributed by atoms with E-state index in [4.69, 9.17) is 16.3 Å². The minimum absolute atomic E-state index is 0.0309. The van der Waals surface area contributed by atoms with Crippen molar-refractivity contribution >= 4 is 17.5 Å². The lowest BCUT2D eigenvalue weighted by Crippen LogP contribution is -2.53. The molecule has 1 aliphatic heterocycles. The van der Waals surface area contributed by atoms with Crippen LogP contribution in [0, 0.1) is 6.92 Å². The standard InChI is InChI=1S/C14H19ClN2O2/c1-10-7-12(15)3-4-13(10)19-9-14(18)17-6-5-16-8-11(17)2/h3-4,7,11,16H,5-6,8-9H2,1-2H3. The van der Waals surface area contributed by atoms with Crippen LogP contribution in [0.3, 0.4) is 0 Å². The van der Waals surface area contributed by atoms with Crippen molar-refractivity contribution in [3.63, 3.8) is 0 Å². The molecule has 4 nitrogen and oxygen atoms in total. The molecular formula is C14H19ClN2O2. The van der Waals surface area contributed by atoms with Gasteiger partial charge in [0.05, 0.1) is 0 Å². The summed E-state index contributed by atoms with van der Waals surface area (Å²) in [5.74, 6) is 0.740. The van der Waals surface area contributed by atoms with Crippen LogP contribution >= 0.6 is 11.6 Å². The summed E-state index contributed by atoms with van der Waals surface area (Å²) in [6.07, 6.45) is 0. The lowest BCUT2D eigenvalue weighted by Gasteiger charge is -2.33. The van der Waals surface area contributed by atoms with Gasteiger partial charge in [-0.15, -0.1) is 0 Å². The molecular weight excluding hydrogens is 264 g/mol. The molecule has 1 atom stereocenters. The van der Waals surface area contributed by atoms with Gasteiger partial charge in [0.25, 0.3) is 5.91 Å². The van der Waals surface area contributed by atoms with Crippen LogP contribution < -0.4 is 10.1 Å². The Morgan fingerprint density at radius 2 is 2.37 bits per heavy atom. The number of benzene rings is 1. The van der Waals surface area contributed by atoms with Crippen LogP contribution in [0.15, 0.2) is 18.2 Å². The van der Waals surface area contributed by atoms with Gasteiger partial charge in [0.2, 0.25) is 0 Å². The second-order valence-corrected chi connectivity index (χ2v) is 5.28. The number of nitrogens with one attached hydrogen (secondary N) is 1. The van der Waals surface area contributed by atoms with E-state index in [2.05, 4.69) is 5.32 Å². The molecule has 5 heteroatoms. The molecule has 0 spiro atoms. The maximum Gasteiger partial charge on any atom is 0.260 e. The zero-order valence-corrected chi connectivity index (χ0v) is 12.0. The van der Waals surface area contributed by atoms with Gasteiger partial charge in [-0.3, -0.25) is 4.79 Å². The summed E-state index contributed by atoms with van der Waals surface area (Å²) in [6.45, 7) is 6.45. The van der Waals surface area contributed by atoms with E-state index >= 15 is 0 Å². The molecule has 1 heterocycles. The molecule has 0 aliphatic carbocycles. The third-order valence-corrected chi connectivity index (χ3v) is 3.54. The summed E-state index contributed by atoms with van der Waals surface area (Å²) in [7, 11) is 0. The van der Waals surface area contributed by atoms with Gasteiger partial charge in [0.1, 0.15) is 5.75 Å². The largest absolute Gasteiger partial charge is 0.483 e. The molecule has 19 heavy (non-hydrogen) atoms. The Labute approximate surface area is 118 Å². The fourth-order valence-corrected chi connectivity index (χ4v) is 2.44. The van der Waals surface area contributed by atoms with Crippen molar-refractivity contribution in [2.24, 2.45) is 0 Å². The summed E-state index contributed by atoms with van der Waals surface area (Å²) in [5.41, 5.74) is 0.939. The highest BCUT2D eigenvalue weighted by atomic mass is 35.5. The number of piperazine rings is 1. The molecule has 1 aliphatic rings. The first-order chi connectivity index (χ1) is 9.08. The third-order valence-electron chi connectivity index (χ3n) is 3.31. The van der Waals surface area contributed by atoms with Crippen LogP contribution in [0.4, 0.5) is 0 Å². The number of hydrogen-bond donors (Lipinski definition) is 1.